The van der Waals surface area contributed by atoms with Crippen LogP contribution in [0, 0.1) is 12.7 Å². The van der Waals surface area contributed by atoms with Crippen molar-refractivity contribution in [2.45, 2.75) is 6.92 Å². The molecular formula is C23H16FN7OS. The Kier molecular flexibility index (Phi) is 5.41. The maximum Gasteiger partial charge on any atom is 0.262 e. The molecule has 0 saturated heterocycles. The fraction of sp³-hybridized carbons (Fsp3) is 0.0435. The van der Waals surface area contributed by atoms with E-state index in [4.69, 9.17) is 0 Å². The number of aromatic nitrogens is 5. The van der Waals surface area contributed by atoms with Crippen LogP contribution in [0.15, 0.2) is 67.0 Å². The standard InChI is InChI=1S/C23H16FN7OS/c1-13-18(20(32)30-21-25-10-5-11-26-21)19(14-6-3-2-4-7-14)29-22(27-13)31-23-28-16-9-8-15(24)12-17(16)33-23/h2-12H,1H3,(H,25,26,30,32)(H,27,28,29,31). The summed E-state index contributed by atoms with van der Waals surface area (Å²) in [5, 5.41) is 6.30. The number of benzene rings is 2. The smallest absolute Gasteiger partial charge is 0.262 e. The fourth-order valence-corrected chi connectivity index (χ4v) is 4.17. The summed E-state index contributed by atoms with van der Waals surface area (Å²) in [4.78, 5) is 34.8. The Morgan fingerprint density at radius 1 is 0.939 bits per heavy atom. The van der Waals surface area contributed by atoms with E-state index in [1.165, 1.54) is 23.5 Å². The zero-order chi connectivity index (χ0) is 22.8. The maximum atomic E-state index is 13.5. The van der Waals surface area contributed by atoms with Gasteiger partial charge in [-0.3, -0.25) is 15.4 Å². The highest BCUT2D eigenvalue weighted by Crippen LogP contribution is 2.30. The number of nitrogens with zero attached hydrogens (tertiary/aromatic N) is 5. The molecule has 0 fully saturated rings. The van der Waals surface area contributed by atoms with Gasteiger partial charge in [0.2, 0.25) is 11.9 Å². The fourth-order valence-electron chi connectivity index (χ4n) is 3.28. The molecule has 0 saturated carbocycles. The number of halogens is 1. The molecule has 0 unspecified atom stereocenters. The molecule has 0 bridgehead atoms. The number of anilines is 3. The monoisotopic (exact) mass is 457 g/mol. The van der Waals surface area contributed by atoms with E-state index in [0.29, 0.717) is 32.3 Å². The van der Waals surface area contributed by atoms with E-state index < -0.39 is 5.91 Å². The van der Waals surface area contributed by atoms with Gasteiger partial charge in [-0.15, -0.1) is 0 Å². The lowest BCUT2D eigenvalue weighted by Crippen LogP contribution is -2.18. The van der Waals surface area contributed by atoms with E-state index in [9.17, 15) is 9.18 Å². The second-order valence-electron chi connectivity index (χ2n) is 7.00. The van der Waals surface area contributed by atoms with Crippen LogP contribution in [-0.4, -0.2) is 30.8 Å². The van der Waals surface area contributed by atoms with Crippen LogP contribution in [0.3, 0.4) is 0 Å². The van der Waals surface area contributed by atoms with Gasteiger partial charge in [-0.25, -0.2) is 29.3 Å². The average molecular weight is 457 g/mol. The lowest BCUT2D eigenvalue weighted by Gasteiger charge is -2.13. The van der Waals surface area contributed by atoms with Crippen LogP contribution < -0.4 is 10.6 Å². The minimum Gasteiger partial charge on any atom is -0.300 e. The lowest BCUT2D eigenvalue weighted by atomic mass is 10.0. The highest BCUT2D eigenvalue weighted by molar-refractivity contribution is 7.22. The van der Waals surface area contributed by atoms with Crippen LogP contribution in [-0.2, 0) is 0 Å². The van der Waals surface area contributed by atoms with E-state index in [1.54, 1.807) is 31.5 Å². The normalized spacial score (nSPS) is 10.8. The van der Waals surface area contributed by atoms with Gasteiger partial charge in [-0.1, -0.05) is 41.7 Å². The first-order valence-electron chi connectivity index (χ1n) is 9.92. The average Bonchev–Trinajstić information content (AvgIpc) is 3.21. The Labute approximate surface area is 191 Å². The van der Waals surface area contributed by atoms with Crippen LogP contribution in [0.2, 0.25) is 0 Å². The number of hydrogen-bond donors (Lipinski definition) is 2. The molecule has 0 aliphatic heterocycles. The molecule has 0 aliphatic rings. The van der Waals surface area contributed by atoms with Crippen molar-refractivity contribution in [2.24, 2.45) is 0 Å². The second kappa shape index (κ2) is 8.67. The molecule has 10 heteroatoms. The minimum absolute atomic E-state index is 0.185. The number of nitrogens with one attached hydrogen (secondary N) is 2. The summed E-state index contributed by atoms with van der Waals surface area (Å²) in [6.07, 6.45) is 3.09. The van der Waals surface area contributed by atoms with Crippen LogP contribution in [0.5, 0.6) is 0 Å². The van der Waals surface area contributed by atoms with Crippen molar-refractivity contribution in [3.8, 4) is 11.3 Å². The minimum atomic E-state index is -0.417. The zero-order valence-corrected chi connectivity index (χ0v) is 18.1. The van der Waals surface area contributed by atoms with E-state index in [1.807, 2.05) is 30.3 Å². The number of rotatable bonds is 5. The highest BCUT2D eigenvalue weighted by atomic mass is 32.1. The van der Waals surface area contributed by atoms with E-state index in [0.717, 1.165) is 5.56 Å². The zero-order valence-electron chi connectivity index (χ0n) is 17.3. The quantitative estimate of drug-likeness (QED) is 0.383. The third-order valence-corrected chi connectivity index (χ3v) is 5.66. The van der Waals surface area contributed by atoms with Crippen LogP contribution in [0.1, 0.15) is 16.1 Å². The first-order valence-corrected chi connectivity index (χ1v) is 10.7. The van der Waals surface area contributed by atoms with Gasteiger partial charge in [0.25, 0.3) is 5.91 Å². The Balaban J connectivity index is 1.55. The van der Waals surface area contributed by atoms with Gasteiger partial charge in [-0.2, -0.15) is 0 Å². The molecule has 2 N–H and O–H groups in total. The van der Waals surface area contributed by atoms with Crippen LogP contribution in [0.25, 0.3) is 21.5 Å². The number of thiazole rings is 1. The van der Waals surface area contributed by atoms with Crippen molar-refractivity contribution in [1.82, 2.24) is 24.9 Å². The topological polar surface area (TPSA) is 106 Å². The van der Waals surface area contributed by atoms with E-state index in [2.05, 4.69) is 35.6 Å². The molecule has 3 heterocycles. The number of hydrogen-bond acceptors (Lipinski definition) is 8. The lowest BCUT2D eigenvalue weighted by molar-refractivity contribution is 0.102. The van der Waals surface area contributed by atoms with Crippen LogP contribution in [0.4, 0.5) is 21.4 Å². The van der Waals surface area contributed by atoms with Gasteiger partial charge >= 0.3 is 0 Å². The molecule has 0 atom stereocenters. The van der Waals surface area contributed by atoms with Gasteiger partial charge in [0.15, 0.2) is 5.13 Å². The highest BCUT2D eigenvalue weighted by Gasteiger charge is 2.21. The van der Waals surface area contributed by atoms with Gasteiger partial charge in [-0.05, 0) is 31.2 Å². The molecule has 33 heavy (non-hydrogen) atoms. The molecule has 0 spiro atoms. The Morgan fingerprint density at radius 3 is 2.52 bits per heavy atom. The Hall–Kier alpha value is -4.31. The third kappa shape index (κ3) is 4.37. The number of fused-ring (bicyclic) bond motifs is 1. The summed E-state index contributed by atoms with van der Waals surface area (Å²) in [6, 6.07) is 15.4. The van der Waals surface area contributed by atoms with Gasteiger partial charge < -0.3 is 0 Å². The molecule has 3 aromatic heterocycles. The van der Waals surface area contributed by atoms with Gasteiger partial charge in [0.1, 0.15) is 5.82 Å². The summed E-state index contributed by atoms with van der Waals surface area (Å²) in [5.41, 5.74) is 2.64. The van der Waals surface area contributed by atoms with Crippen LogP contribution >= 0.6 is 11.3 Å². The molecule has 1 amide bonds. The molecule has 0 aliphatic carbocycles. The maximum absolute atomic E-state index is 13.5. The second-order valence-corrected chi connectivity index (χ2v) is 8.04. The largest absolute Gasteiger partial charge is 0.300 e. The SMILES string of the molecule is Cc1nc(Nc2nc3ccc(F)cc3s2)nc(-c2ccccc2)c1C(=O)Nc1ncccn1. The number of aryl methyl sites for hydroxylation is 1. The molecular weight excluding hydrogens is 441 g/mol. The predicted octanol–water partition coefficient (Wildman–Crippen LogP) is 4.99. The molecule has 0 radical (unpaired) electrons. The summed E-state index contributed by atoms with van der Waals surface area (Å²) in [7, 11) is 0. The Bertz CT molecular complexity index is 1460. The van der Waals surface area contributed by atoms with Crippen molar-refractivity contribution in [3.63, 3.8) is 0 Å². The van der Waals surface area contributed by atoms with Crippen molar-refractivity contribution in [2.75, 3.05) is 10.6 Å². The summed E-state index contributed by atoms with van der Waals surface area (Å²) >= 11 is 1.29. The van der Waals surface area contributed by atoms with Crippen molar-refractivity contribution < 1.29 is 9.18 Å². The van der Waals surface area contributed by atoms with Crippen molar-refractivity contribution >= 4 is 44.5 Å². The first kappa shape index (κ1) is 20.6. The third-order valence-electron chi connectivity index (χ3n) is 4.72. The number of amides is 1. The molecule has 162 valence electrons. The summed E-state index contributed by atoms with van der Waals surface area (Å²) in [5.74, 6) is -0.281. The number of carbonyl (C=O) groups is 1. The van der Waals surface area contributed by atoms with Crippen molar-refractivity contribution in [3.05, 3.63) is 84.1 Å². The van der Waals surface area contributed by atoms with E-state index >= 15 is 0 Å². The van der Waals surface area contributed by atoms with Crippen molar-refractivity contribution in [1.29, 1.82) is 0 Å². The predicted molar refractivity (Wildman–Crippen MR) is 125 cm³/mol. The Morgan fingerprint density at radius 2 is 1.73 bits per heavy atom. The summed E-state index contributed by atoms with van der Waals surface area (Å²) < 4.78 is 14.2. The molecule has 8 nitrogen and oxygen atoms in total. The summed E-state index contributed by atoms with van der Waals surface area (Å²) in [6.45, 7) is 1.73. The molecule has 2 aromatic carbocycles. The van der Waals surface area contributed by atoms with Gasteiger partial charge in [0, 0.05) is 18.0 Å². The van der Waals surface area contributed by atoms with Gasteiger partial charge in [0.05, 0.1) is 27.2 Å². The molecule has 5 aromatic rings. The molecule has 5 rings (SSSR count). The number of carbonyl (C=O) groups excluding carboxylic acids is 1. The van der Waals surface area contributed by atoms with E-state index in [-0.39, 0.29) is 17.7 Å². The first-order chi connectivity index (χ1) is 16.1.